The van der Waals surface area contributed by atoms with Gasteiger partial charge in [0.05, 0.1) is 13.5 Å². The van der Waals surface area contributed by atoms with Crippen LogP contribution in [-0.2, 0) is 6.42 Å². The fourth-order valence-corrected chi connectivity index (χ4v) is 3.45. The number of carbonyl (C=O) groups is 1. The molecule has 0 aliphatic rings. The predicted molar refractivity (Wildman–Crippen MR) is 120 cm³/mol. The molecule has 3 aromatic heterocycles. The number of ether oxygens (including phenoxy) is 1. The number of para-hydroxylation sites is 1. The summed E-state index contributed by atoms with van der Waals surface area (Å²) >= 11 is 0. The number of hydrogen-bond donors (Lipinski definition) is 2. The maximum absolute atomic E-state index is 12.9. The summed E-state index contributed by atoms with van der Waals surface area (Å²) in [5, 5.41) is 7.95. The molecule has 0 spiro atoms. The molecule has 0 radical (unpaired) electrons. The van der Waals surface area contributed by atoms with E-state index in [1.807, 2.05) is 60.7 Å². The van der Waals surface area contributed by atoms with E-state index in [0.717, 1.165) is 27.8 Å². The van der Waals surface area contributed by atoms with Gasteiger partial charge in [0, 0.05) is 40.6 Å². The first-order chi connectivity index (χ1) is 15.7. The second-order valence-electron chi connectivity index (χ2n) is 7.17. The topological polar surface area (TPSA) is 106 Å². The van der Waals surface area contributed by atoms with Gasteiger partial charge in [-0.05, 0) is 42.0 Å². The van der Waals surface area contributed by atoms with E-state index in [1.165, 1.54) is 0 Å². The van der Waals surface area contributed by atoms with Crippen LogP contribution in [0.3, 0.4) is 0 Å². The first kappa shape index (κ1) is 19.5. The smallest absolute Gasteiger partial charge is 0.272 e. The Morgan fingerprint density at radius 3 is 2.78 bits per heavy atom. The van der Waals surface area contributed by atoms with E-state index in [4.69, 9.17) is 9.26 Å². The van der Waals surface area contributed by atoms with Gasteiger partial charge in [0.15, 0.2) is 0 Å². The highest BCUT2D eigenvalue weighted by atomic mass is 16.5. The van der Waals surface area contributed by atoms with Gasteiger partial charge in [-0.1, -0.05) is 23.4 Å². The maximum atomic E-state index is 12.9. The van der Waals surface area contributed by atoms with Gasteiger partial charge in [0.1, 0.15) is 11.4 Å². The van der Waals surface area contributed by atoms with Gasteiger partial charge in [-0.2, -0.15) is 4.98 Å². The Balaban J connectivity index is 1.36. The number of nitrogens with zero attached hydrogens (tertiary/aromatic N) is 3. The van der Waals surface area contributed by atoms with Crippen molar-refractivity contribution in [2.24, 2.45) is 0 Å². The quantitative estimate of drug-likeness (QED) is 0.416. The standard InChI is InChI=1S/C24H19N5O3/c1-31-18-7-6-17-12-21(26-20(17)14-18)24(30)27-19-5-3-2-4-16(19)13-22-28-23(29-32-22)15-8-10-25-11-9-15/h2-12,14,26H,13H2,1H3,(H,27,30). The van der Waals surface area contributed by atoms with Gasteiger partial charge in [-0.15, -0.1) is 0 Å². The van der Waals surface area contributed by atoms with Gasteiger partial charge < -0.3 is 19.6 Å². The molecule has 0 aliphatic heterocycles. The van der Waals surface area contributed by atoms with Crippen LogP contribution in [0.1, 0.15) is 21.9 Å². The molecular weight excluding hydrogens is 406 g/mol. The van der Waals surface area contributed by atoms with E-state index in [-0.39, 0.29) is 5.91 Å². The Morgan fingerprint density at radius 2 is 1.94 bits per heavy atom. The van der Waals surface area contributed by atoms with Crippen molar-refractivity contribution >= 4 is 22.5 Å². The number of methoxy groups -OCH3 is 1. The van der Waals surface area contributed by atoms with E-state index < -0.39 is 0 Å². The lowest BCUT2D eigenvalue weighted by Gasteiger charge is -2.09. The number of hydrogen-bond acceptors (Lipinski definition) is 6. The molecule has 0 bridgehead atoms. The lowest BCUT2D eigenvalue weighted by atomic mass is 10.1. The van der Waals surface area contributed by atoms with E-state index in [2.05, 4.69) is 25.4 Å². The van der Waals surface area contributed by atoms with Crippen molar-refractivity contribution < 1.29 is 14.1 Å². The molecule has 0 unspecified atom stereocenters. The Morgan fingerprint density at radius 1 is 1.09 bits per heavy atom. The van der Waals surface area contributed by atoms with Gasteiger partial charge in [-0.3, -0.25) is 9.78 Å². The normalized spacial score (nSPS) is 10.9. The molecule has 3 heterocycles. The van der Waals surface area contributed by atoms with Crippen molar-refractivity contribution in [3.05, 3.63) is 90.2 Å². The van der Waals surface area contributed by atoms with Crippen molar-refractivity contribution in [2.75, 3.05) is 12.4 Å². The highest BCUT2D eigenvalue weighted by molar-refractivity contribution is 6.06. The van der Waals surface area contributed by atoms with Crippen molar-refractivity contribution in [3.8, 4) is 17.1 Å². The average molecular weight is 425 g/mol. The number of carbonyl (C=O) groups excluding carboxylic acids is 1. The number of rotatable bonds is 6. The van der Waals surface area contributed by atoms with Crippen LogP contribution < -0.4 is 10.1 Å². The molecule has 5 rings (SSSR count). The SMILES string of the molecule is COc1ccc2cc(C(=O)Nc3ccccc3Cc3nc(-c4ccncc4)no3)[nH]c2c1. The Hall–Kier alpha value is -4.46. The third kappa shape index (κ3) is 3.93. The number of nitrogens with one attached hydrogen (secondary N) is 2. The molecule has 0 fully saturated rings. The van der Waals surface area contributed by atoms with E-state index in [0.29, 0.717) is 29.5 Å². The van der Waals surface area contributed by atoms with Crippen molar-refractivity contribution in [1.82, 2.24) is 20.1 Å². The van der Waals surface area contributed by atoms with Crippen molar-refractivity contribution in [2.45, 2.75) is 6.42 Å². The largest absolute Gasteiger partial charge is 0.497 e. The molecule has 0 aliphatic carbocycles. The number of aromatic nitrogens is 4. The molecule has 5 aromatic rings. The van der Waals surface area contributed by atoms with Crippen molar-refractivity contribution in [3.63, 3.8) is 0 Å². The lowest BCUT2D eigenvalue weighted by Crippen LogP contribution is -2.13. The van der Waals surface area contributed by atoms with Crippen LogP contribution in [0.15, 0.2) is 77.6 Å². The third-order valence-corrected chi connectivity index (χ3v) is 5.09. The second kappa shape index (κ2) is 8.35. The summed E-state index contributed by atoms with van der Waals surface area (Å²) in [7, 11) is 1.61. The fraction of sp³-hybridized carbons (Fsp3) is 0.0833. The zero-order valence-corrected chi connectivity index (χ0v) is 17.2. The fourth-order valence-electron chi connectivity index (χ4n) is 3.45. The third-order valence-electron chi connectivity index (χ3n) is 5.09. The molecule has 158 valence electrons. The molecule has 2 aromatic carbocycles. The average Bonchev–Trinajstić information content (AvgIpc) is 3.47. The maximum Gasteiger partial charge on any atom is 0.272 e. The summed E-state index contributed by atoms with van der Waals surface area (Å²) in [6.07, 6.45) is 3.74. The van der Waals surface area contributed by atoms with Gasteiger partial charge in [0.25, 0.3) is 5.91 Å². The van der Waals surface area contributed by atoms with Gasteiger partial charge >= 0.3 is 0 Å². The van der Waals surface area contributed by atoms with Gasteiger partial charge in [0.2, 0.25) is 11.7 Å². The van der Waals surface area contributed by atoms with Gasteiger partial charge in [-0.25, -0.2) is 0 Å². The lowest BCUT2D eigenvalue weighted by molar-refractivity contribution is 0.102. The zero-order valence-electron chi connectivity index (χ0n) is 17.2. The molecule has 8 nitrogen and oxygen atoms in total. The molecule has 8 heteroatoms. The molecular formula is C24H19N5O3. The minimum Gasteiger partial charge on any atom is -0.497 e. The summed E-state index contributed by atoms with van der Waals surface area (Å²) in [5.74, 6) is 1.44. The molecule has 0 atom stereocenters. The highest BCUT2D eigenvalue weighted by Crippen LogP contribution is 2.24. The predicted octanol–water partition coefficient (Wildman–Crippen LogP) is 4.46. The molecule has 0 saturated carbocycles. The number of benzene rings is 2. The highest BCUT2D eigenvalue weighted by Gasteiger charge is 2.15. The molecule has 2 N–H and O–H groups in total. The van der Waals surface area contributed by atoms with Crippen LogP contribution in [0.4, 0.5) is 5.69 Å². The van der Waals surface area contributed by atoms with Crippen LogP contribution in [0.25, 0.3) is 22.3 Å². The Labute approximate surface area is 183 Å². The van der Waals surface area contributed by atoms with Crippen LogP contribution >= 0.6 is 0 Å². The zero-order chi connectivity index (χ0) is 21.9. The monoisotopic (exact) mass is 425 g/mol. The number of fused-ring (bicyclic) bond motifs is 1. The Bertz CT molecular complexity index is 1390. The minimum atomic E-state index is -0.240. The summed E-state index contributed by atoms with van der Waals surface area (Å²) in [6, 6.07) is 18.6. The molecule has 1 amide bonds. The first-order valence-electron chi connectivity index (χ1n) is 9.98. The number of amides is 1. The van der Waals surface area contributed by atoms with E-state index in [1.54, 1.807) is 19.5 Å². The Kier molecular flexibility index (Phi) is 5.09. The van der Waals surface area contributed by atoms with Crippen LogP contribution in [0, 0.1) is 0 Å². The minimum absolute atomic E-state index is 0.240. The van der Waals surface area contributed by atoms with Crippen molar-refractivity contribution in [1.29, 1.82) is 0 Å². The molecule has 32 heavy (non-hydrogen) atoms. The van der Waals surface area contributed by atoms with E-state index in [9.17, 15) is 4.79 Å². The number of pyridine rings is 1. The summed E-state index contributed by atoms with van der Waals surface area (Å²) in [5.41, 5.74) is 3.66. The van der Waals surface area contributed by atoms with E-state index >= 15 is 0 Å². The number of aromatic amines is 1. The molecule has 0 saturated heterocycles. The van der Waals surface area contributed by atoms with Crippen LogP contribution in [0.5, 0.6) is 5.75 Å². The summed E-state index contributed by atoms with van der Waals surface area (Å²) < 4.78 is 10.7. The van der Waals surface area contributed by atoms with Crippen LogP contribution in [-0.4, -0.2) is 33.1 Å². The summed E-state index contributed by atoms with van der Waals surface area (Å²) in [4.78, 5) is 24.5. The number of H-pyrrole nitrogens is 1. The second-order valence-corrected chi connectivity index (χ2v) is 7.17. The van der Waals surface area contributed by atoms with Crippen LogP contribution in [0.2, 0.25) is 0 Å². The number of anilines is 1. The first-order valence-corrected chi connectivity index (χ1v) is 9.98. The summed E-state index contributed by atoms with van der Waals surface area (Å²) in [6.45, 7) is 0.